The molecule has 152 valence electrons. The molecule has 0 aromatic carbocycles. The van der Waals surface area contributed by atoms with Crippen LogP contribution in [0.1, 0.15) is 90.4 Å². The number of alkyl carbamates (subject to hydrolysis) is 1. The van der Waals surface area contributed by atoms with Gasteiger partial charge >= 0.3 is 12.1 Å². The lowest BCUT2D eigenvalue weighted by Crippen LogP contribution is -2.53. The maximum Gasteiger partial charge on any atom is 0.408 e. The molecule has 0 spiro atoms. The monoisotopic (exact) mass is 389 g/mol. The number of hydrogen-bond donors (Lipinski definition) is 1. The van der Waals surface area contributed by atoms with E-state index in [1.54, 1.807) is 0 Å². The maximum absolute atomic E-state index is 12.5. The molecule has 1 saturated carbocycles. The standard InChI is InChI=1S/C20H36ClNO4/c1-2-3-4-5-6-7-8-9-12-16-25-18(23)20(13-10-11-14-20)22-19(24)26-17-15-21/h2-17H2,1H3,(H,22,24). The summed E-state index contributed by atoms with van der Waals surface area (Å²) in [6.45, 7) is 2.79. The Hall–Kier alpha value is -0.970. The highest BCUT2D eigenvalue weighted by Gasteiger charge is 2.44. The number of halogens is 1. The number of carbonyl (C=O) groups excluding carboxylic acids is 2. The molecule has 1 aliphatic rings. The summed E-state index contributed by atoms with van der Waals surface area (Å²) in [6, 6.07) is 0. The van der Waals surface area contributed by atoms with E-state index in [9.17, 15) is 9.59 Å². The second kappa shape index (κ2) is 14.1. The highest BCUT2D eigenvalue weighted by Crippen LogP contribution is 2.31. The van der Waals surface area contributed by atoms with Gasteiger partial charge in [-0.2, -0.15) is 0 Å². The van der Waals surface area contributed by atoms with Gasteiger partial charge in [0, 0.05) is 0 Å². The molecule has 26 heavy (non-hydrogen) atoms. The minimum absolute atomic E-state index is 0.136. The van der Waals surface area contributed by atoms with Gasteiger partial charge in [-0.1, -0.05) is 71.1 Å². The largest absolute Gasteiger partial charge is 0.464 e. The van der Waals surface area contributed by atoms with Crippen LogP contribution in [-0.4, -0.2) is 36.7 Å². The molecule has 0 bridgehead atoms. The topological polar surface area (TPSA) is 64.6 Å². The van der Waals surface area contributed by atoms with Crippen molar-refractivity contribution < 1.29 is 19.1 Å². The van der Waals surface area contributed by atoms with Crippen molar-refractivity contribution in [3.05, 3.63) is 0 Å². The second-order valence-electron chi connectivity index (χ2n) is 7.20. The van der Waals surface area contributed by atoms with E-state index in [1.165, 1.54) is 44.9 Å². The van der Waals surface area contributed by atoms with Crippen LogP contribution in [0.25, 0.3) is 0 Å². The molecule has 1 N–H and O–H groups in total. The van der Waals surface area contributed by atoms with Gasteiger partial charge in [-0.25, -0.2) is 9.59 Å². The van der Waals surface area contributed by atoms with Gasteiger partial charge < -0.3 is 14.8 Å². The Balaban J connectivity index is 2.17. The van der Waals surface area contributed by atoms with E-state index in [4.69, 9.17) is 21.1 Å². The first kappa shape index (κ1) is 23.1. The Labute approximate surface area is 163 Å². The molecule has 1 fully saturated rings. The van der Waals surface area contributed by atoms with E-state index in [2.05, 4.69) is 12.2 Å². The average molecular weight is 390 g/mol. The van der Waals surface area contributed by atoms with Gasteiger partial charge in [0.25, 0.3) is 0 Å². The Morgan fingerprint density at radius 1 is 0.885 bits per heavy atom. The van der Waals surface area contributed by atoms with E-state index in [0.29, 0.717) is 19.4 Å². The number of carbonyl (C=O) groups is 2. The van der Waals surface area contributed by atoms with Crippen LogP contribution in [0, 0.1) is 0 Å². The summed E-state index contributed by atoms with van der Waals surface area (Å²) < 4.78 is 10.4. The van der Waals surface area contributed by atoms with Crippen LogP contribution in [0.4, 0.5) is 4.79 Å². The van der Waals surface area contributed by atoms with Crippen molar-refractivity contribution in [1.29, 1.82) is 0 Å². The van der Waals surface area contributed by atoms with Gasteiger partial charge in [0.05, 0.1) is 12.5 Å². The fraction of sp³-hybridized carbons (Fsp3) is 0.900. The van der Waals surface area contributed by atoms with Crippen LogP contribution in [0.15, 0.2) is 0 Å². The first-order valence-corrected chi connectivity index (χ1v) is 10.9. The molecule has 0 unspecified atom stereocenters. The van der Waals surface area contributed by atoms with Gasteiger partial charge in [0.15, 0.2) is 0 Å². The molecule has 1 rings (SSSR count). The summed E-state index contributed by atoms with van der Waals surface area (Å²) >= 11 is 5.52. The van der Waals surface area contributed by atoms with Crippen molar-refractivity contribution in [3.8, 4) is 0 Å². The third-order valence-corrected chi connectivity index (χ3v) is 5.13. The summed E-state index contributed by atoms with van der Waals surface area (Å²) in [6.07, 6.45) is 13.5. The molecule has 1 amide bonds. The number of rotatable bonds is 14. The third-order valence-electron chi connectivity index (χ3n) is 4.98. The van der Waals surface area contributed by atoms with Crippen molar-refractivity contribution in [2.75, 3.05) is 19.1 Å². The molecular formula is C20H36ClNO4. The molecule has 0 radical (unpaired) electrons. The quantitative estimate of drug-likeness (QED) is 0.247. The Morgan fingerprint density at radius 3 is 2.04 bits per heavy atom. The molecular weight excluding hydrogens is 354 g/mol. The van der Waals surface area contributed by atoms with E-state index in [0.717, 1.165) is 25.7 Å². The zero-order chi connectivity index (χ0) is 19.1. The van der Waals surface area contributed by atoms with Crippen LogP contribution in [0.2, 0.25) is 0 Å². The van der Waals surface area contributed by atoms with Crippen molar-refractivity contribution in [2.24, 2.45) is 0 Å². The van der Waals surface area contributed by atoms with Gasteiger partial charge in [0.1, 0.15) is 12.1 Å². The molecule has 0 heterocycles. The molecule has 0 atom stereocenters. The normalized spacial score (nSPS) is 15.6. The molecule has 6 heteroatoms. The zero-order valence-electron chi connectivity index (χ0n) is 16.3. The highest BCUT2D eigenvalue weighted by molar-refractivity contribution is 6.18. The fourth-order valence-corrected chi connectivity index (χ4v) is 3.51. The van der Waals surface area contributed by atoms with Crippen molar-refractivity contribution >= 4 is 23.7 Å². The number of ether oxygens (including phenoxy) is 2. The van der Waals surface area contributed by atoms with Crippen molar-refractivity contribution in [2.45, 2.75) is 95.9 Å². The lowest BCUT2D eigenvalue weighted by molar-refractivity contribution is -0.151. The Kier molecular flexibility index (Phi) is 12.5. The van der Waals surface area contributed by atoms with Crippen molar-refractivity contribution in [3.63, 3.8) is 0 Å². The summed E-state index contributed by atoms with van der Waals surface area (Å²) in [5.41, 5.74) is -0.914. The van der Waals surface area contributed by atoms with Gasteiger partial charge in [-0.3, -0.25) is 0 Å². The zero-order valence-corrected chi connectivity index (χ0v) is 17.1. The molecule has 1 aliphatic carbocycles. The predicted molar refractivity (Wildman–Crippen MR) is 105 cm³/mol. The van der Waals surface area contributed by atoms with Crippen LogP contribution in [0.5, 0.6) is 0 Å². The molecule has 0 aliphatic heterocycles. The lowest BCUT2D eigenvalue weighted by atomic mass is 9.98. The predicted octanol–water partition coefficient (Wildman–Crippen LogP) is 5.34. The van der Waals surface area contributed by atoms with Gasteiger partial charge in [0.2, 0.25) is 0 Å². The summed E-state index contributed by atoms with van der Waals surface area (Å²) in [5.74, 6) is -0.0823. The molecule has 0 saturated heterocycles. The summed E-state index contributed by atoms with van der Waals surface area (Å²) in [5, 5.41) is 2.72. The SMILES string of the molecule is CCCCCCCCCCCOC(=O)C1(NC(=O)OCCCl)CCCC1. The molecule has 5 nitrogen and oxygen atoms in total. The van der Waals surface area contributed by atoms with Crippen LogP contribution in [0.3, 0.4) is 0 Å². The third kappa shape index (κ3) is 9.11. The van der Waals surface area contributed by atoms with Crippen LogP contribution in [-0.2, 0) is 14.3 Å². The minimum atomic E-state index is -0.914. The second-order valence-corrected chi connectivity index (χ2v) is 7.58. The van der Waals surface area contributed by atoms with Gasteiger partial charge in [-0.05, 0) is 19.3 Å². The van der Waals surface area contributed by atoms with E-state index < -0.39 is 11.6 Å². The maximum atomic E-state index is 12.5. The van der Waals surface area contributed by atoms with E-state index in [1.807, 2.05) is 0 Å². The first-order valence-electron chi connectivity index (χ1n) is 10.3. The first-order chi connectivity index (χ1) is 12.6. The van der Waals surface area contributed by atoms with Gasteiger partial charge in [-0.15, -0.1) is 11.6 Å². The Morgan fingerprint density at radius 2 is 1.46 bits per heavy atom. The van der Waals surface area contributed by atoms with E-state index in [-0.39, 0.29) is 18.5 Å². The number of nitrogens with one attached hydrogen (secondary N) is 1. The number of hydrogen-bond acceptors (Lipinski definition) is 4. The molecule has 0 aromatic rings. The smallest absolute Gasteiger partial charge is 0.408 e. The van der Waals surface area contributed by atoms with Crippen molar-refractivity contribution in [1.82, 2.24) is 5.32 Å². The van der Waals surface area contributed by atoms with Crippen LogP contribution >= 0.6 is 11.6 Å². The summed E-state index contributed by atoms with van der Waals surface area (Å²) in [7, 11) is 0. The average Bonchev–Trinajstić information content (AvgIpc) is 3.11. The number of alkyl halides is 1. The number of esters is 1. The fourth-order valence-electron chi connectivity index (χ4n) is 3.44. The molecule has 0 aromatic heterocycles. The lowest BCUT2D eigenvalue weighted by Gasteiger charge is -2.27. The number of amides is 1. The minimum Gasteiger partial charge on any atom is -0.464 e. The van der Waals surface area contributed by atoms with Crippen LogP contribution < -0.4 is 5.32 Å². The number of unbranched alkanes of at least 4 members (excludes halogenated alkanes) is 8. The van der Waals surface area contributed by atoms with E-state index >= 15 is 0 Å². The summed E-state index contributed by atoms with van der Waals surface area (Å²) in [4.78, 5) is 24.3. The highest BCUT2D eigenvalue weighted by atomic mass is 35.5. The Bertz CT molecular complexity index is 397.